The minimum absolute atomic E-state index is 0.0214. The third-order valence-electron chi connectivity index (χ3n) is 1.93. The summed E-state index contributed by atoms with van der Waals surface area (Å²) in [6.07, 6.45) is 3.07. The zero-order chi connectivity index (χ0) is 9.42. The molecular weight excluding hydrogens is 194 g/mol. The highest BCUT2D eigenvalue weighted by atomic mass is 35.5. The Labute approximate surface area is 78.9 Å². The van der Waals surface area contributed by atoms with E-state index in [4.69, 9.17) is 11.6 Å². The van der Waals surface area contributed by atoms with Crippen LogP contribution >= 0.6 is 11.6 Å². The molecule has 0 aromatic carbocycles. The summed E-state index contributed by atoms with van der Waals surface area (Å²) in [5.74, 6) is 0.209. The van der Waals surface area contributed by atoms with Gasteiger partial charge in [-0.2, -0.15) is 0 Å². The van der Waals surface area contributed by atoms with Crippen LogP contribution in [0.4, 0.5) is 5.69 Å². The molecule has 0 N–H and O–H groups in total. The molecule has 5 nitrogen and oxygen atoms in total. The van der Waals surface area contributed by atoms with E-state index in [0.717, 1.165) is 12.8 Å². The molecule has 0 aliphatic heterocycles. The predicted octanol–water partition coefficient (Wildman–Crippen LogP) is 1.92. The SMILES string of the molecule is O=[N+]([O-])c1cnc(Cl)nc1C1CC1. The van der Waals surface area contributed by atoms with Crippen LogP contribution in [0.15, 0.2) is 6.20 Å². The molecule has 1 aromatic rings. The molecule has 6 heteroatoms. The molecule has 1 aromatic heterocycles. The van der Waals surface area contributed by atoms with Gasteiger partial charge in [0.25, 0.3) is 0 Å². The largest absolute Gasteiger partial charge is 0.309 e. The molecule has 0 atom stereocenters. The third-order valence-corrected chi connectivity index (χ3v) is 2.11. The lowest BCUT2D eigenvalue weighted by Crippen LogP contribution is -1.98. The standard InChI is InChI=1S/C7H6ClN3O2/c8-7-9-3-5(11(12)13)6(10-7)4-1-2-4/h3-4H,1-2H2. The first-order chi connectivity index (χ1) is 6.18. The summed E-state index contributed by atoms with van der Waals surface area (Å²) in [5.41, 5.74) is 0.455. The Morgan fingerprint density at radius 1 is 1.62 bits per heavy atom. The van der Waals surface area contributed by atoms with Gasteiger partial charge in [-0.15, -0.1) is 0 Å². The van der Waals surface area contributed by atoms with E-state index in [0.29, 0.717) is 5.69 Å². The van der Waals surface area contributed by atoms with E-state index < -0.39 is 4.92 Å². The molecule has 2 rings (SSSR count). The molecule has 1 heterocycles. The second kappa shape index (κ2) is 2.92. The van der Waals surface area contributed by atoms with E-state index in [2.05, 4.69) is 9.97 Å². The van der Waals surface area contributed by atoms with Crippen LogP contribution in [0.2, 0.25) is 5.28 Å². The van der Waals surface area contributed by atoms with Gasteiger partial charge in [-0.05, 0) is 24.4 Å². The van der Waals surface area contributed by atoms with Gasteiger partial charge in [0.15, 0.2) is 0 Å². The molecule has 1 fully saturated rings. The molecule has 1 saturated carbocycles. The van der Waals surface area contributed by atoms with Crippen molar-refractivity contribution in [3.05, 3.63) is 27.3 Å². The van der Waals surface area contributed by atoms with Crippen LogP contribution in [-0.2, 0) is 0 Å². The van der Waals surface area contributed by atoms with Crippen molar-refractivity contribution in [1.82, 2.24) is 9.97 Å². The molecular formula is C7H6ClN3O2. The fourth-order valence-corrected chi connectivity index (χ4v) is 1.30. The van der Waals surface area contributed by atoms with Gasteiger partial charge in [0.1, 0.15) is 11.9 Å². The van der Waals surface area contributed by atoms with Crippen molar-refractivity contribution >= 4 is 17.3 Å². The number of nitrogens with zero attached hydrogens (tertiary/aromatic N) is 3. The second-order valence-corrected chi connectivity index (χ2v) is 3.28. The Morgan fingerprint density at radius 2 is 2.31 bits per heavy atom. The Kier molecular flexibility index (Phi) is 1.88. The van der Waals surface area contributed by atoms with Crippen molar-refractivity contribution in [2.75, 3.05) is 0 Å². The van der Waals surface area contributed by atoms with Crippen molar-refractivity contribution in [3.63, 3.8) is 0 Å². The minimum Gasteiger partial charge on any atom is -0.258 e. The molecule has 68 valence electrons. The molecule has 0 amide bonds. The van der Waals surface area contributed by atoms with Crippen LogP contribution in [0.25, 0.3) is 0 Å². The molecule has 0 radical (unpaired) electrons. The summed E-state index contributed by atoms with van der Waals surface area (Å²) in [6, 6.07) is 0. The van der Waals surface area contributed by atoms with Crippen LogP contribution in [0.3, 0.4) is 0 Å². The van der Waals surface area contributed by atoms with Crippen LogP contribution in [-0.4, -0.2) is 14.9 Å². The summed E-state index contributed by atoms with van der Waals surface area (Å²) in [4.78, 5) is 17.5. The molecule has 0 bridgehead atoms. The first-order valence-electron chi connectivity index (χ1n) is 3.85. The summed E-state index contributed by atoms with van der Waals surface area (Å²) < 4.78 is 0. The Hall–Kier alpha value is -1.23. The summed E-state index contributed by atoms with van der Waals surface area (Å²) >= 11 is 5.55. The number of nitro groups is 1. The van der Waals surface area contributed by atoms with Crippen molar-refractivity contribution < 1.29 is 4.92 Å². The lowest BCUT2D eigenvalue weighted by Gasteiger charge is -1.98. The zero-order valence-corrected chi connectivity index (χ0v) is 7.36. The van der Waals surface area contributed by atoms with Gasteiger partial charge in [-0.25, -0.2) is 9.97 Å². The van der Waals surface area contributed by atoms with E-state index in [1.54, 1.807) is 0 Å². The van der Waals surface area contributed by atoms with Gasteiger partial charge in [0, 0.05) is 5.92 Å². The second-order valence-electron chi connectivity index (χ2n) is 2.94. The number of hydrogen-bond donors (Lipinski definition) is 0. The first-order valence-corrected chi connectivity index (χ1v) is 4.23. The predicted molar refractivity (Wildman–Crippen MR) is 45.7 cm³/mol. The molecule has 1 aliphatic carbocycles. The Balaban J connectivity index is 2.47. The van der Waals surface area contributed by atoms with Crippen molar-refractivity contribution in [1.29, 1.82) is 0 Å². The average Bonchev–Trinajstić information content (AvgIpc) is 2.85. The topological polar surface area (TPSA) is 68.9 Å². The molecule has 0 spiro atoms. The Morgan fingerprint density at radius 3 is 2.85 bits per heavy atom. The van der Waals surface area contributed by atoms with Gasteiger partial charge >= 0.3 is 5.69 Å². The van der Waals surface area contributed by atoms with Crippen molar-refractivity contribution in [2.45, 2.75) is 18.8 Å². The van der Waals surface area contributed by atoms with Gasteiger partial charge < -0.3 is 0 Å². The highest BCUT2D eigenvalue weighted by Crippen LogP contribution is 2.42. The molecule has 0 unspecified atom stereocenters. The lowest BCUT2D eigenvalue weighted by atomic mass is 10.2. The lowest BCUT2D eigenvalue weighted by molar-refractivity contribution is -0.386. The van der Waals surface area contributed by atoms with Crippen LogP contribution in [0.5, 0.6) is 0 Å². The van der Waals surface area contributed by atoms with E-state index in [1.165, 1.54) is 6.20 Å². The maximum atomic E-state index is 10.5. The number of hydrogen-bond acceptors (Lipinski definition) is 4. The van der Waals surface area contributed by atoms with E-state index >= 15 is 0 Å². The highest BCUT2D eigenvalue weighted by molar-refractivity contribution is 6.28. The summed E-state index contributed by atoms with van der Waals surface area (Å²) in [6.45, 7) is 0. The molecule has 13 heavy (non-hydrogen) atoms. The van der Waals surface area contributed by atoms with Gasteiger partial charge in [-0.1, -0.05) is 0 Å². The number of aromatic nitrogens is 2. The third kappa shape index (κ3) is 1.60. The fourth-order valence-electron chi connectivity index (χ4n) is 1.16. The van der Waals surface area contributed by atoms with Crippen LogP contribution < -0.4 is 0 Å². The van der Waals surface area contributed by atoms with Crippen molar-refractivity contribution in [3.8, 4) is 0 Å². The molecule has 0 saturated heterocycles. The quantitative estimate of drug-likeness (QED) is 0.415. The monoisotopic (exact) mass is 199 g/mol. The normalized spacial score (nSPS) is 15.8. The van der Waals surface area contributed by atoms with Crippen LogP contribution in [0, 0.1) is 10.1 Å². The van der Waals surface area contributed by atoms with Gasteiger partial charge in [-0.3, -0.25) is 10.1 Å². The first kappa shape index (κ1) is 8.37. The van der Waals surface area contributed by atoms with Crippen molar-refractivity contribution in [2.24, 2.45) is 0 Å². The average molecular weight is 200 g/mol. The minimum atomic E-state index is -0.468. The van der Waals surface area contributed by atoms with Gasteiger partial charge in [0.05, 0.1) is 4.92 Å². The maximum Gasteiger partial charge on any atom is 0.309 e. The van der Waals surface area contributed by atoms with E-state index in [1.807, 2.05) is 0 Å². The highest BCUT2D eigenvalue weighted by Gasteiger charge is 2.32. The number of halogens is 1. The van der Waals surface area contributed by atoms with Gasteiger partial charge in [0.2, 0.25) is 5.28 Å². The van der Waals surface area contributed by atoms with E-state index in [-0.39, 0.29) is 16.9 Å². The zero-order valence-electron chi connectivity index (χ0n) is 6.61. The smallest absolute Gasteiger partial charge is 0.258 e. The maximum absolute atomic E-state index is 10.5. The summed E-state index contributed by atoms with van der Waals surface area (Å²) in [7, 11) is 0. The summed E-state index contributed by atoms with van der Waals surface area (Å²) in [5, 5.41) is 10.6. The Bertz CT molecular complexity index is 365. The van der Waals surface area contributed by atoms with Crippen LogP contribution in [0.1, 0.15) is 24.5 Å². The molecule has 1 aliphatic rings. The fraction of sp³-hybridized carbons (Fsp3) is 0.429. The number of rotatable bonds is 2. The van der Waals surface area contributed by atoms with E-state index in [9.17, 15) is 10.1 Å².